The van der Waals surface area contributed by atoms with E-state index < -0.39 is 9.84 Å². The predicted molar refractivity (Wildman–Crippen MR) is 145 cm³/mol. The lowest BCUT2D eigenvalue weighted by atomic mass is 10.1. The molecule has 11 heteroatoms. The number of sulfone groups is 1. The third kappa shape index (κ3) is 5.39. The maximum atomic E-state index is 13.4. The molecule has 4 rings (SSSR count). The van der Waals surface area contributed by atoms with Crippen molar-refractivity contribution in [3.63, 3.8) is 0 Å². The number of thioether (sulfide) groups is 1. The van der Waals surface area contributed by atoms with Crippen LogP contribution < -0.4 is 29.0 Å². The van der Waals surface area contributed by atoms with Gasteiger partial charge in [0.1, 0.15) is 28.7 Å². The fourth-order valence-electron chi connectivity index (χ4n) is 3.98. The van der Waals surface area contributed by atoms with Gasteiger partial charge in [0.25, 0.3) is 5.91 Å². The summed E-state index contributed by atoms with van der Waals surface area (Å²) in [4.78, 5) is 13.9. The van der Waals surface area contributed by atoms with E-state index in [4.69, 9.17) is 23.7 Å². The van der Waals surface area contributed by atoms with Crippen molar-refractivity contribution >= 4 is 39.3 Å². The topological polar surface area (TPSA) is 109 Å². The SMILES string of the molecule is COc1cc(OC)c(/C=C2\Sc3cc(S(=O)(=O)Cc4c(OC)cccc4OC)ccc3NC2=O)c(OC)c1. The van der Waals surface area contributed by atoms with Crippen LogP contribution in [-0.4, -0.2) is 49.9 Å². The molecule has 0 unspecified atom stereocenters. The number of rotatable bonds is 9. The van der Waals surface area contributed by atoms with Gasteiger partial charge in [-0.05, 0) is 36.4 Å². The Kier molecular flexibility index (Phi) is 8.08. The van der Waals surface area contributed by atoms with E-state index in [-0.39, 0.29) is 16.6 Å². The summed E-state index contributed by atoms with van der Waals surface area (Å²) >= 11 is 1.15. The Bertz CT molecular complexity index is 1470. The molecule has 0 saturated carbocycles. The number of benzene rings is 3. The highest BCUT2D eigenvalue weighted by molar-refractivity contribution is 8.04. The number of nitrogens with one attached hydrogen (secondary N) is 1. The predicted octanol–water partition coefficient (Wildman–Crippen LogP) is 4.79. The molecule has 1 amide bonds. The molecule has 0 spiro atoms. The van der Waals surface area contributed by atoms with Crippen LogP contribution in [0.1, 0.15) is 11.1 Å². The first-order chi connectivity index (χ1) is 18.2. The van der Waals surface area contributed by atoms with Crippen LogP contribution in [0.4, 0.5) is 5.69 Å². The van der Waals surface area contributed by atoms with Crippen LogP contribution in [-0.2, 0) is 20.4 Å². The zero-order valence-corrected chi connectivity index (χ0v) is 23.1. The number of anilines is 1. The number of carbonyl (C=O) groups is 1. The molecule has 1 N–H and O–H groups in total. The zero-order chi connectivity index (χ0) is 27.4. The second kappa shape index (κ2) is 11.3. The Morgan fingerprint density at radius 1 is 0.816 bits per heavy atom. The molecule has 0 radical (unpaired) electrons. The van der Waals surface area contributed by atoms with E-state index in [0.717, 1.165) is 11.8 Å². The van der Waals surface area contributed by atoms with Crippen molar-refractivity contribution < 1.29 is 36.9 Å². The lowest BCUT2D eigenvalue weighted by Crippen LogP contribution is -2.18. The summed E-state index contributed by atoms with van der Waals surface area (Å²) in [5.41, 5.74) is 1.49. The minimum atomic E-state index is -3.79. The number of hydrogen-bond acceptors (Lipinski definition) is 9. The number of amides is 1. The second-order valence-electron chi connectivity index (χ2n) is 8.07. The van der Waals surface area contributed by atoms with Crippen LogP contribution in [0.2, 0.25) is 0 Å². The van der Waals surface area contributed by atoms with E-state index in [1.54, 1.807) is 48.5 Å². The molecule has 1 aliphatic heterocycles. The number of fused-ring (bicyclic) bond motifs is 1. The van der Waals surface area contributed by atoms with Crippen LogP contribution in [0.25, 0.3) is 6.08 Å². The Hall–Kier alpha value is -3.83. The monoisotopic (exact) mass is 557 g/mol. The van der Waals surface area contributed by atoms with Gasteiger partial charge in [0.15, 0.2) is 9.84 Å². The summed E-state index contributed by atoms with van der Waals surface area (Å²) in [5.74, 6) is 1.62. The normalized spacial score (nSPS) is 13.9. The second-order valence-corrected chi connectivity index (χ2v) is 11.1. The summed E-state index contributed by atoms with van der Waals surface area (Å²) in [6, 6.07) is 13.1. The van der Waals surface area contributed by atoms with Gasteiger partial charge in [-0.1, -0.05) is 17.8 Å². The Morgan fingerprint density at radius 2 is 1.42 bits per heavy atom. The lowest BCUT2D eigenvalue weighted by molar-refractivity contribution is -0.112. The highest BCUT2D eigenvalue weighted by Crippen LogP contribution is 2.43. The third-order valence-corrected chi connectivity index (χ3v) is 8.62. The van der Waals surface area contributed by atoms with E-state index in [0.29, 0.717) is 55.4 Å². The van der Waals surface area contributed by atoms with Gasteiger partial charge in [0, 0.05) is 17.0 Å². The maximum Gasteiger partial charge on any atom is 0.262 e. The molecule has 9 nitrogen and oxygen atoms in total. The first-order valence-corrected chi connectivity index (χ1v) is 13.8. The average molecular weight is 558 g/mol. The molecule has 0 saturated heterocycles. The minimum Gasteiger partial charge on any atom is -0.496 e. The Morgan fingerprint density at radius 3 is 1.97 bits per heavy atom. The van der Waals surface area contributed by atoms with E-state index in [1.807, 2.05) is 0 Å². The summed E-state index contributed by atoms with van der Waals surface area (Å²) in [7, 11) is 3.71. The van der Waals surface area contributed by atoms with Gasteiger partial charge in [-0.25, -0.2) is 8.42 Å². The molecule has 0 bridgehead atoms. The van der Waals surface area contributed by atoms with E-state index in [1.165, 1.54) is 41.6 Å². The van der Waals surface area contributed by atoms with Gasteiger partial charge in [0.05, 0.1) is 67.9 Å². The van der Waals surface area contributed by atoms with Crippen molar-refractivity contribution in [2.45, 2.75) is 15.5 Å². The first-order valence-electron chi connectivity index (χ1n) is 11.3. The number of methoxy groups -OCH3 is 5. The van der Waals surface area contributed by atoms with Gasteiger partial charge in [-0.15, -0.1) is 0 Å². The quantitative estimate of drug-likeness (QED) is 0.372. The number of carbonyl (C=O) groups excluding carboxylic acids is 1. The van der Waals surface area contributed by atoms with Gasteiger partial charge in [0.2, 0.25) is 0 Å². The van der Waals surface area contributed by atoms with Crippen LogP contribution in [0.15, 0.2) is 63.2 Å². The van der Waals surface area contributed by atoms with Crippen molar-refractivity contribution in [3.05, 3.63) is 64.6 Å². The fraction of sp³-hybridized carbons (Fsp3) is 0.222. The van der Waals surface area contributed by atoms with Crippen LogP contribution >= 0.6 is 11.8 Å². The Labute approximate surface area is 225 Å². The highest BCUT2D eigenvalue weighted by atomic mass is 32.2. The summed E-state index contributed by atoms with van der Waals surface area (Å²) in [5, 5.41) is 2.82. The van der Waals surface area contributed by atoms with Crippen molar-refractivity contribution in [2.75, 3.05) is 40.9 Å². The van der Waals surface area contributed by atoms with Crippen molar-refractivity contribution in [3.8, 4) is 28.7 Å². The smallest absolute Gasteiger partial charge is 0.262 e. The molecule has 38 heavy (non-hydrogen) atoms. The van der Waals surface area contributed by atoms with Crippen molar-refractivity contribution in [1.29, 1.82) is 0 Å². The van der Waals surface area contributed by atoms with E-state index in [2.05, 4.69) is 5.32 Å². The lowest BCUT2D eigenvalue weighted by Gasteiger charge is -2.20. The average Bonchev–Trinajstić information content (AvgIpc) is 2.92. The molecule has 0 fully saturated rings. The summed E-state index contributed by atoms with van der Waals surface area (Å²) < 4.78 is 53.8. The Balaban J connectivity index is 1.71. The van der Waals surface area contributed by atoms with Gasteiger partial charge in [-0.2, -0.15) is 0 Å². The van der Waals surface area contributed by atoms with Gasteiger partial charge >= 0.3 is 0 Å². The molecule has 0 atom stereocenters. The standard InChI is InChI=1S/C27H27NO8S2/c1-32-16-11-23(35-4)18(24(12-16)36-5)14-26-27(29)28-20-10-9-17(13-25(20)37-26)38(30,31)15-19-21(33-2)7-6-8-22(19)34-3/h6-14H,15H2,1-5H3,(H,28,29)/b26-14-. The molecule has 0 aliphatic carbocycles. The molecular weight excluding hydrogens is 530 g/mol. The first kappa shape index (κ1) is 27.2. The molecular formula is C27H27NO8S2. The fourth-order valence-corrected chi connectivity index (χ4v) is 6.43. The molecule has 200 valence electrons. The largest absolute Gasteiger partial charge is 0.496 e. The molecule has 1 aliphatic rings. The van der Waals surface area contributed by atoms with Crippen LogP contribution in [0.5, 0.6) is 28.7 Å². The van der Waals surface area contributed by atoms with E-state index >= 15 is 0 Å². The highest BCUT2D eigenvalue weighted by Gasteiger charge is 2.27. The summed E-state index contributed by atoms with van der Waals surface area (Å²) in [6.45, 7) is 0. The minimum absolute atomic E-state index is 0.104. The number of ether oxygens (including phenoxy) is 5. The van der Waals surface area contributed by atoms with Crippen molar-refractivity contribution in [2.24, 2.45) is 0 Å². The molecule has 0 aromatic heterocycles. The van der Waals surface area contributed by atoms with Gasteiger partial charge in [-0.3, -0.25) is 4.79 Å². The maximum absolute atomic E-state index is 13.4. The number of hydrogen-bond donors (Lipinski definition) is 1. The zero-order valence-electron chi connectivity index (χ0n) is 21.5. The van der Waals surface area contributed by atoms with Crippen LogP contribution in [0.3, 0.4) is 0 Å². The van der Waals surface area contributed by atoms with Gasteiger partial charge < -0.3 is 29.0 Å². The summed E-state index contributed by atoms with van der Waals surface area (Å²) in [6.07, 6.45) is 1.64. The molecule has 3 aromatic rings. The third-order valence-electron chi connectivity index (χ3n) is 5.90. The van der Waals surface area contributed by atoms with Crippen LogP contribution in [0, 0.1) is 0 Å². The molecule has 3 aromatic carbocycles. The molecule has 1 heterocycles. The van der Waals surface area contributed by atoms with E-state index in [9.17, 15) is 13.2 Å². The van der Waals surface area contributed by atoms with Crippen molar-refractivity contribution in [1.82, 2.24) is 0 Å².